The van der Waals surface area contributed by atoms with Crippen LogP contribution in [0.5, 0.6) is 11.5 Å². The Labute approximate surface area is 150 Å². The second-order valence-corrected chi connectivity index (χ2v) is 6.17. The maximum absolute atomic E-state index is 13.6. The summed E-state index contributed by atoms with van der Waals surface area (Å²) in [5.41, 5.74) is 0.557. The Hall–Kier alpha value is -3.20. The first-order chi connectivity index (χ1) is 12.6. The number of anilines is 3. The van der Waals surface area contributed by atoms with E-state index in [1.807, 2.05) is 0 Å². The minimum Gasteiger partial charge on any atom is -0.454 e. The first-order valence-electron chi connectivity index (χ1n) is 7.47. The highest BCUT2D eigenvalue weighted by Crippen LogP contribution is 2.35. The second kappa shape index (κ2) is 6.60. The first-order valence-corrected chi connectivity index (χ1v) is 8.35. The summed E-state index contributed by atoms with van der Waals surface area (Å²) in [7, 11) is 0. The van der Waals surface area contributed by atoms with Gasteiger partial charge in [-0.2, -0.15) is 0 Å². The lowest BCUT2D eigenvalue weighted by atomic mass is 10.3. The molecule has 132 valence electrons. The molecule has 0 radical (unpaired) electrons. The third-order valence-electron chi connectivity index (χ3n) is 3.54. The van der Waals surface area contributed by atoms with E-state index < -0.39 is 17.5 Å². The Morgan fingerprint density at radius 2 is 1.96 bits per heavy atom. The number of thiazole rings is 1. The smallest absolute Gasteiger partial charge is 0.275 e. The number of hydrogen-bond acceptors (Lipinski definition) is 6. The van der Waals surface area contributed by atoms with Crippen molar-refractivity contribution in [1.29, 1.82) is 0 Å². The fourth-order valence-electron chi connectivity index (χ4n) is 2.31. The zero-order valence-corrected chi connectivity index (χ0v) is 13.9. The molecule has 26 heavy (non-hydrogen) atoms. The fourth-order valence-corrected chi connectivity index (χ4v) is 3.02. The largest absolute Gasteiger partial charge is 0.454 e. The normalized spacial score (nSPS) is 12.1. The molecule has 9 heteroatoms. The van der Waals surface area contributed by atoms with E-state index in [0.717, 1.165) is 18.2 Å². The first kappa shape index (κ1) is 16.3. The predicted molar refractivity (Wildman–Crippen MR) is 92.3 cm³/mol. The number of rotatable bonds is 4. The monoisotopic (exact) mass is 375 g/mol. The summed E-state index contributed by atoms with van der Waals surface area (Å²) in [5.74, 6) is -0.735. The number of amides is 1. The zero-order valence-electron chi connectivity index (χ0n) is 13.1. The summed E-state index contributed by atoms with van der Waals surface area (Å²) in [5, 5.41) is 7.34. The molecule has 0 fully saturated rings. The van der Waals surface area contributed by atoms with Crippen molar-refractivity contribution in [2.24, 2.45) is 0 Å². The fraction of sp³-hybridized carbons (Fsp3) is 0.0588. The number of nitrogens with zero attached hydrogens (tertiary/aromatic N) is 1. The van der Waals surface area contributed by atoms with Crippen molar-refractivity contribution >= 4 is 33.8 Å². The average Bonchev–Trinajstić information content (AvgIpc) is 3.27. The number of carbonyl (C=O) groups is 1. The molecule has 2 aromatic carbocycles. The van der Waals surface area contributed by atoms with Gasteiger partial charge in [0.15, 0.2) is 16.6 Å². The molecule has 6 nitrogen and oxygen atoms in total. The Morgan fingerprint density at radius 1 is 1.12 bits per heavy atom. The SMILES string of the molecule is O=C(Nc1cc(F)ccc1F)c1csc(Nc2ccc3c(c2)OCO3)n1. The Morgan fingerprint density at radius 3 is 2.85 bits per heavy atom. The van der Waals surface area contributed by atoms with Crippen molar-refractivity contribution < 1.29 is 23.0 Å². The van der Waals surface area contributed by atoms with Crippen molar-refractivity contribution in [3.63, 3.8) is 0 Å². The Bertz CT molecular complexity index is 993. The minimum absolute atomic E-state index is 0.0851. The highest BCUT2D eigenvalue weighted by atomic mass is 32.1. The van der Waals surface area contributed by atoms with Gasteiger partial charge >= 0.3 is 0 Å². The van der Waals surface area contributed by atoms with Gasteiger partial charge in [-0.3, -0.25) is 4.79 Å². The quantitative estimate of drug-likeness (QED) is 0.717. The number of aromatic nitrogens is 1. The van der Waals surface area contributed by atoms with Crippen molar-refractivity contribution in [3.05, 3.63) is 59.1 Å². The molecule has 0 spiro atoms. The second-order valence-electron chi connectivity index (χ2n) is 5.31. The molecule has 1 aliphatic heterocycles. The number of halogens is 2. The van der Waals surface area contributed by atoms with Crippen LogP contribution in [0.25, 0.3) is 0 Å². The molecule has 0 atom stereocenters. The van der Waals surface area contributed by atoms with Gasteiger partial charge in [-0.1, -0.05) is 0 Å². The van der Waals surface area contributed by atoms with Crippen molar-refractivity contribution in [2.75, 3.05) is 17.4 Å². The van der Waals surface area contributed by atoms with Gasteiger partial charge in [0.05, 0.1) is 5.69 Å². The summed E-state index contributed by atoms with van der Waals surface area (Å²) < 4.78 is 37.3. The van der Waals surface area contributed by atoms with Gasteiger partial charge in [0, 0.05) is 23.2 Å². The lowest BCUT2D eigenvalue weighted by molar-refractivity contribution is 0.102. The highest BCUT2D eigenvalue weighted by molar-refractivity contribution is 7.14. The summed E-state index contributed by atoms with van der Waals surface area (Å²) in [6.07, 6.45) is 0. The van der Waals surface area contributed by atoms with Gasteiger partial charge in [-0.15, -0.1) is 11.3 Å². The topological polar surface area (TPSA) is 72.5 Å². The average molecular weight is 375 g/mol. The molecule has 0 saturated carbocycles. The summed E-state index contributed by atoms with van der Waals surface area (Å²) in [4.78, 5) is 16.3. The van der Waals surface area contributed by atoms with Crippen LogP contribution in [0.1, 0.15) is 10.5 Å². The lowest BCUT2D eigenvalue weighted by Gasteiger charge is -2.05. The summed E-state index contributed by atoms with van der Waals surface area (Å²) >= 11 is 1.20. The molecule has 0 bridgehead atoms. The van der Waals surface area contributed by atoms with Crippen LogP contribution in [0.3, 0.4) is 0 Å². The van der Waals surface area contributed by atoms with E-state index in [1.54, 1.807) is 18.2 Å². The third-order valence-corrected chi connectivity index (χ3v) is 4.29. The molecule has 4 rings (SSSR count). The number of fused-ring (bicyclic) bond motifs is 1. The van der Waals surface area contributed by atoms with Gasteiger partial charge in [0.2, 0.25) is 6.79 Å². The molecule has 0 saturated heterocycles. The van der Waals surface area contributed by atoms with Crippen molar-refractivity contribution in [3.8, 4) is 11.5 Å². The molecule has 1 amide bonds. The van der Waals surface area contributed by atoms with Crippen LogP contribution >= 0.6 is 11.3 Å². The lowest BCUT2D eigenvalue weighted by Crippen LogP contribution is -2.13. The van der Waals surface area contributed by atoms with Crippen LogP contribution in [0.4, 0.5) is 25.3 Å². The molecule has 0 aliphatic carbocycles. The molecule has 3 aromatic rings. The van der Waals surface area contributed by atoms with E-state index in [9.17, 15) is 13.6 Å². The number of benzene rings is 2. The molecule has 1 aliphatic rings. The van der Waals surface area contributed by atoms with Gasteiger partial charge in [0.1, 0.15) is 17.3 Å². The number of nitrogens with one attached hydrogen (secondary N) is 2. The maximum atomic E-state index is 13.6. The van der Waals surface area contributed by atoms with E-state index >= 15 is 0 Å². The Balaban J connectivity index is 1.47. The van der Waals surface area contributed by atoms with E-state index in [1.165, 1.54) is 16.7 Å². The maximum Gasteiger partial charge on any atom is 0.275 e. The van der Waals surface area contributed by atoms with Gasteiger partial charge < -0.3 is 20.1 Å². The van der Waals surface area contributed by atoms with E-state index in [4.69, 9.17) is 9.47 Å². The van der Waals surface area contributed by atoms with Crippen LogP contribution in [0.2, 0.25) is 0 Å². The molecule has 2 N–H and O–H groups in total. The van der Waals surface area contributed by atoms with Crippen LogP contribution in [-0.4, -0.2) is 17.7 Å². The minimum atomic E-state index is -0.728. The highest BCUT2D eigenvalue weighted by Gasteiger charge is 2.16. The summed E-state index contributed by atoms with van der Waals surface area (Å²) in [6, 6.07) is 8.13. The molecular formula is C17H11F2N3O3S. The zero-order chi connectivity index (χ0) is 18.1. The number of carbonyl (C=O) groups excluding carboxylic acids is 1. The molecule has 0 unspecified atom stereocenters. The van der Waals surface area contributed by atoms with E-state index in [2.05, 4.69) is 15.6 Å². The van der Waals surface area contributed by atoms with Crippen molar-refractivity contribution in [1.82, 2.24) is 4.98 Å². The predicted octanol–water partition coefficient (Wildman–Crippen LogP) is 4.15. The van der Waals surface area contributed by atoms with Crippen LogP contribution in [-0.2, 0) is 0 Å². The number of ether oxygens (including phenoxy) is 2. The van der Waals surface area contributed by atoms with E-state index in [0.29, 0.717) is 22.3 Å². The van der Waals surface area contributed by atoms with E-state index in [-0.39, 0.29) is 18.2 Å². The molecule has 2 heterocycles. The van der Waals surface area contributed by atoms with Gasteiger partial charge in [-0.05, 0) is 24.3 Å². The van der Waals surface area contributed by atoms with Crippen LogP contribution in [0, 0.1) is 11.6 Å². The van der Waals surface area contributed by atoms with Gasteiger partial charge in [-0.25, -0.2) is 13.8 Å². The molecular weight excluding hydrogens is 364 g/mol. The third kappa shape index (κ3) is 3.29. The standard InChI is InChI=1S/C17H11F2N3O3S/c18-9-1-3-11(19)12(5-9)21-16(23)13-7-26-17(22-13)20-10-2-4-14-15(6-10)25-8-24-14/h1-7H,8H2,(H,20,22)(H,21,23). The van der Waals surface area contributed by atoms with Gasteiger partial charge in [0.25, 0.3) is 5.91 Å². The molecule has 1 aromatic heterocycles. The van der Waals surface area contributed by atoms with Crippen LogP contribution in [0.15, 0.2) is 41.8 Å². The van der Waals surface area contributed by atoms with Crippen molar-refractivity contribution in [2.45, 2.75) is 0 Å². The number of hydrogen-bond donors (Lipinski definition) is 2. The Kier molecular flexibility index (Phi) is 4.13. The van der Waals surface area contributed by atoms with Crippen LogP contribution < -0.4 is 20.1 Å². The summed E-state index contributed by atoms with van der Waals surface area (Å²) in [6.45, 7) is 0.178.